The van der Waals surface area contributed by atoms with Gasteiger partial charge in [0.25, 0.3) is 0 Å². The molecular weight excluding hydrogens is 274 g/mol. The summed E-state index contributed by atoms with van der Waals surface area (Å²) in [5.74, 6) is 0. The smallest absolute Gasteiger partial charge is 0.0903 e. The topological polar surface area (TPSA) is 12.9 Å². The number of aryl methyl sites for hydroxylation is 2. The zero-order valence-corrected chi connectivity index (χ0v) is 14.0. The van der Waals surface area contributed by atoms with Gasteiger partial charge in [-0.3, -0.25) is 0 Å². The molecular formula is C19H25NS. The molecule has 1 heterocycles. The quantitative estimate of drug-likeness (QED) is 0.534. The van der Waals surface area contributed by atoms with E-state index in [1.165, 1.54) is 53.2 Å². The van der Waals surface area contributed by atoms with E-state index in [4.69, 9.17) is 4.98 Å². The van der Waals surface area contributed by atoms with Gasteiger partial charge in [0.1, 0.15) is 0 Å². The molecule has 0 spiro atoms. The van der Waals surface area contributed by atoms with Gasteiger partial charge in [0, 0.05) is 0 Å². The predicted octanol–water partition coefficient (Wildman–Crippen LogP) is 6.13. The first-order valence-corrected chi connectivity index (χ1v) is 8.80. The van der Waals surface area contributed by atoms with Gasteiger partial charge < -0.3 is 0 Å². The number of benzene rings is 1. The lowest BCUT2D eigenvalue weighted by molar-refractivity contribution is 0.628. The predicted molar refractivity (Wildman–Crippen MR) is 94.7 cm³/mol. The van der Waals surface area contributed by atoms with Crippen molar-refractivity contribution in [2.75, 3.05) is 0 Å². The molecule has 112 valence electrons. The summed E-state index contributed by atoms with van der Waals surface area (Å²) in [7, 11) is 0. The zero-order chi connectivity index (χ0) is 14.9. The van der Waals surface area contributed by atoms with E-state index >= 15 is 0 Å². The van der Waals surface area contributed by atoms with Gasteiger partial charge in [0.15, 0.2) is 0 Å². The molecule has 1 nitrogen and oxygen atoms in total. The van der Waals surface area contributed by atoms with Crippen molar-refractivity contribution in [3.63, 3.8) is 0 Å². The molecule has 21 heavy (non-hydrogen) atoms. The SMILES string of the molecule is CCCCCCCc1nc(C)sc1C=Cc1ccccc1. The molecule has 2 aromatic rings. The van der Waals surface area contributed by atoms with E-state index in [9.17, 15) is 0 Å². The van der Waals surface area contributed by atoms with Gasteiger partial charge in [-0.05, 0) is 31.4 Å². The van der Waals surface area contributed by atoms with E-state index in [2.05, 4.69) is 56.3 Å². The largest absolute Gasteiger partial charge is 0.246 e. The van der Waals surface area contributed by atoms with Crippen LogP contribution >= 0.6 is 11.3 Å². The summed E-state index contributed by atoms with van der Waals surface area (Å²) in [6.07, 6.45) is 12.1. The minimum Gasteiger partial charge on any atom is -0.246 e. The summed E-state index contributed by atoms with van der Waals surface area (Å²) in [5.41, 5.74) is 2.53. The van der Waals surface area contributed by atoms with Gasteiger partial charge in [-0.2, -0.15) is 0 Å². The number of hydrogen-bond acceptors (Lipinski definition) is 2. The lowest BCUT2D eigenvalue weighted by Crippen LogP contribution is -1.89. The second kappa shape index (κ2) is 8.78. The molecule has 0 N–H and O–H groups in total. The number of aromatic nitrogens is 1. The summed E-state index contributed by atoms with van der Waals surface area (Å²) in [6.45, 7) is 4.36. The summed E-state index contributed by atoms with van der Waals surface area (Å²) in [6, 6.07) is 10.5. The lowest BCUT2D eigenvalue weighted by Gasteiger charge is -2.00. The average molecular weight is 299 g/mol. The number of unbranched alkanes of at least 4 members (excludes halogenated alkanes) is 4. The van der Waals surface area contributed by atoms with E-state index in [0.29, 0.717) is 0 Å². The number of thiazole rings is 1. The van der Waals surface area contributed by atoms with Crippen molar-refractivity contribution in [1.82, 2.24) is 4.98 Å². The first-order chi connectivity index (χ1) is 10.3. The van der Waals surface area contributed by atoms with Crippen LogP contribution < -0.4 is 0 Å². The summed E-state index contributed by atoms with van der Waals surface area (Å²) in [5, 5.41) is 1.17. The highest BCUT2D eigenvalue weighted by Gasteiger charge is 2.06. The maximum Gasteiger partial charge on any atom is 0.0903 e. The molecule has 2 rings (SSSR count). The van der Waals surface area contributed by atoms with Crippen LogP contribution in [0.25, 0.3) is 12.2 Å². The third-order valence-electron chi connectivity index (χ3n) is 3.58. The van der Waals surface area contributed by atoms with Gasteiger partial charge in [-0.1, -0.05) is 69.0 Å². The van der Waals surface area contributed by atoms with Crippen molar-refractivity contribution in [2.24, 2.45) is 0 Å². The second-order valence-electron chi connectivity index (χ2n) is 5.45. The van der Waals surface area contributed by atoms with Crippen LogP contribution in [-0.2, 0) is 6.42 Å². The van der Waals surface area contributed by atoms with Crippen LogP contribution in [0.3, 0.4) is 0 Å². The normalized spacial score (nSPS) is 11.3. The number of hydrogen-bond donors (Lipinski definition) is 0. The maximum atomic E-state index is 4.71. The minimum absolute atomic E-state index is 1.11. The monoisotopic (exact) mass is 299 g/mol. The van der Waals surface area contributed by atoms with Crippen molar-refractivity contribution in [1.29, 1.82) is 0 Å². The van der Waals surface area contributed by atoms with E-state index in [1.807, 2.05) is 0 Å². The highest BCUT2D eigenvalue weighted by Crippen LogP contribution is 2.23. The Morgan fingerprint density at radius 3 is 2.52 bits per heavy atom. The van der Waals surface area contributed by atoms with Crippen LogP contribution in [0.4, 0.5) is 0 Å². The average Bonchev–Trinajstić information content (AvgIpc) is 2.86. The fourth-order valence-corrected chi connectivity index (χ4v) is 3.30. The van der Waals surface area contributed by atoms with Crippen molar-refractivity contribution in [2.45, 2.75) is 52.4 Å². The Morgan fingerprint density at radius 2 is 1.76 bits per heavy atom. The van der Waals surface area contributed by atoms with Gasteiger partial charge in [0.05, 0.1) is 15.6 Å². The Labute approximate surface area is 132 Å². The fourth-order valence-electron chi connectivity index (χ4n) is 2.43. The highest BCUT2D eigenvalue weighted by molar-refractivity contribution is 7.12. The van der Waals surface area contributed by atoms with Crippen LogP contribution in [0.2, 0.25) is 0 Å². The third kappa shape index (κ3) is 5.47. The minimum atomic E-state index is 1.11. The highest BCUT2D eigenvalue weighted by atomic mass is 32.1. The van der Waals surface area contributed by atoms with Gasteiger partial charge >= 0.3 is 0 Å². The molecule has 2 heteroatoms. The number of rotatable bonds is 8. The van der Waals surface area contributed by atoms with Crippen LogP contribution in [-0.4, -0.2) is 4.98 Å². The molecule has 0 bridgehead atoms. The molecule has 0 amide bonds. The molecule has 0 radical (unpaired) electrons. The van der Waals surface area contributed by atoms with Crippen LogP contribution in [0.5, 0.6) is 0 Å². The van der Waals surface area contributed by atoms with E-state index in [-0.39, 0.29) is 0 Å². The lowest BCUT2D eigenvalue weighted by atomic mass is 10.1. The Balaban J connectivity index is 1.95. The molecule has 0 saturated heterocycles. The Morgan fingerprint density at radius 1 is 1.00 bits per heavy atom. The first-order valence-electron chi connectivity index (χ1n) is 7.99. The molecule has 1 aromatic heterocycles. The molecule has 0 aliphatic rings. The van der Waals surface area contributed by atoms with Crippen LogP contribution in [0.1, 0.15) is 60.2 Å². The standard InChI is InChI=1S/C19H25NS/c1-3-4-5-6-10-13-18-19(21-16(2)20-18)15-14-17-11-8-7-9-12-17/h7-9,11-12,14-15H,3-6,10,13H2,1-2H3. The van der Waals surface area contributed by atoms with Crippen molar-refractivity contribution in [3.8, 4) is 0 Å². The summed E-state index contributed by atoms with van der Waals surface area (Å²) >= 11 is 1.80. The van der Waals surface area contributed by atoms with Gasteiger partial charge in [0.2, 0.25) is 0 Å². The first kappa shape index (κ1) is 16.0. The molecule has 1 aromatic carbocycles. The third-order valence-corrected chi connectivity index (χ3v) is 4.56. The molecule has 0 unspecified atom stereocenters. The van der Waals surface area contributed by atoms with Crippen LogP contribution in [0, 0.1) is 6.92 Å². The van der Waals surface area contributed by atoms with Crippen molar-refractivity contribution >= 4 is 23.5 Å². The Bertz CT molecular complexity index is 554. The van der Waals surface area contributed by atoms with E-state index in [0.717, 1.165) is 6.42 Å². The molecule has 0 fully saturated rings. The fraction of sp³-hybridized carbons (Fsp3) is 0.421. The van der Waals surface area contributed by atoms with Crippen molar-refractivity contribution in [3.05, 3.63) is 51.5 Å². The summed E-state index contributed by atoms with van der Waals surface area (Å²) in [4.78, 5) is 6.03. The molecule has 0 saturated carbocycles. The Hall–Kier alpha value is -1.41. The zero-order valence-electron chi connectivity index (χ0n) is 13.1. The number of nitrogens with zero attached hydrogens (tertiary/aromatic N) is 1. The second-order valence-corrected chi connectivity index (χ2v) is 6.69. The van der Waals surface area contributed by atoms with Crippen molar-refractivity contribution < 1.29 is 0 Å². The summed E-state index contributed by atoms with van der Waals surface area (Å²) < 4.78 is 0. The van der Waals surface area contributed by atoms with Gasteiger partial charge in [-0.15, -0.1) is 11.3 Å². The molecule has 0 aliphatic carbocycles. The van der Waals surface area contributed by atoms with E-state index in [1.54, 1.807) is 11.3 Å². The molecule has 0 aliphatic heterocycles. The Kier molecular flexibility index (Phi) is 6.68. The van der Waals surface area contributed by atoms with E-state index < -0.39 is 0 Å². The maximum absolute atomic E-state index is 4.71. The van der Waals surface area contributed by atoms with Crippen LogP contribution in [0.15, 0.2) is 30.3 Å². The molecule has 0 atom stereocenters. The van der Waals surface area contributed by atoms with Gasteiger partial charge in [-0.25, -0.2) is 4.98 Å².